The third-order valence-electron chi connectivity index (χ3n) is 5.54. The van der Waals surface area contributed by atoms with Gasteiger partial charge in [0, 0.05) is 38.8 Å². The van der Waals surface area contributed by atoms with E-state index in [0.29, 0.717) is 0 Å². The van der Waals surface area contributed by atoms with Crippen molar-refractivity contribution < 1.29 is 0 Å². The van der Waals surface area contributed by atoms with Crippen molar-refractivity contribution >= 4 is 5.95 Å². The smallest absolute Gasteiger partial charge is 0.245 e. The molecule has 1 unspecified atom stereocenters. The number of nitrogens with zero attached hydrogens (tertiary/aromatic N) is 6. The summed E-state index contributed by atoms with van der Waals surface area (Å²) in [6, 6.07) is 0.735. The Morgan fingerprint density at radius 2 is 1.67 bits per heavy atom. The molecule has 0 radical (unpaired) electrons. The molecule has 0 amide bonds. The second-order valence-electron chi connectivity index (χ2n) is 7.13. The summed E-state index contributed by atoms with van der Waals surface area (Å²) in [5.74, 6) is 0.818. The van der Waals surface area contributed by atoms with Crippen LogP contribution in [0.25, 0.3) is 0 Å². The quantitative estimate of drug-likeness (QED) is 0.816. The van der Waals surface area contributed by atoms with E-state index in [1.807, 2.05) is 0 Å². The highest BCUT2D eigenvalue weighted by atomic mass is 15.4. The maximum Gasteiger partial charge on any atom is 0.245 e. The fourth-order valence-corrected chi connectivity index (χ4v) is 3.87. The third-order valence-corrected chi connectivity index (χ3v) is 5.54. The summed E-state index contributed by atoms with van der Waals surface area (Å²) in [4.78, 5) is 12.2. The number of hydrogen-bond acceptors (Lipinski definition) is 6. The maximum atomic E-state index is 4.76. The molecule has 134 valence electrons. The van der Waals surface area contributed by atoms with Crippen molar-refractivity contribution in [3.05, 3.63) is 11.4 Å². The van der Waals surface area contributed by atoms with Crippen LogP contribution in [0.5, 0.6) is 0 Å². The van der Waals surface area contributed by atoms with E-state index in [9.17, 15) is 0 Å². The first-order chi connectivity index (χ1) is 11.7. The van der Waals surface area contributed by atoms with Crippen molar-refractivity contribution in [2.45, 2.75) is 52.0 Å². The second kappa shape index (κ2) is 8.21. The fourth-order valence-electron chi connectivity index (χ4n) is 3.87. The Balaban J connectivity index is 1.55. The summed E-state index contributed by atoms with van der Waals surface area (Å²) in [6.07, 6.45) is 5.94. The molecule has 0 aliphatic carbocycles. The van der Waals surface area contributed by atoms with Crippen LogP contribution in [0.1, 0.15) is 44.5 Å². The standard InChI is InChI=1S/C18H32N6/c1-4-16-17(5-2)20-21-18(19-16)24-12-10-23(11-13-24)14-15-8-6-7-9-22(15)3/h15H,4-14H2,1-3H3. The lowest BCUT2D eigenvalue weighted by Gasteiger charge is -2.40. The molecule has 2 aliphatic rings. The minimum atomic E-state index is 0.735. The number of piperidine rings is 1. The van der Waals surface area contributed by atoms with Crippen LogP contribution in [0.3, 0.4) is 0 Å². The highest BCUT2D eigenvalue weighted by molar-refractivity contribution is 5.31. The van der Waals surface area contributed by atoms with Gasteiger partial charge in [-0.2, -0.15) is 5.10 Å². The summed E-state index contributed by atoms with van der Waals surface area (Å²) in [5, 5.41) is 8.76. The maximum absolute atomic E-state index is 4.76. The molecule has 3 rings (SSSR count). The molecule has 2 fully saturated rings. The van der Waals surface area contributed by atoms with Crippen LogP contribution in [0.15, 0.2) is 0 Å². The zero-order chi connectivity index (χ0) is 16.9. The van der Waals surface area contributed by atoms with Gasteiger partial charge in [0.2, 0.25) is 5.95 Å². The van der Waals surface area contributed by atoms with Gasteiger partial charge in [-0.1, -0.05) is 20.3 Å². The van der Waals surface area contributed by atoms with Gasteiger partial charge >= 0.3 is 0 Å². The average molecular weight is 332 g/mol. The topological polar surface area (TPSA) is 48.4 Å². The number of aromatic nitrogens is 3. The molecular formula is C18H32N6. The fraction of sp³-hybridized carbons (Fsp3) is 0.833. The molecule has 1 aromatic heterocycles. The summed E-state index contributed by atoms with van der Waals surface area (Å²) in [6.45, 7) is 10.9. The summed E-state index contributed by atoms with van der Waals surface area (Å²) >= 11 is 0. The SMILES string of the molecule is CCc1nnc(N2CCN(CC3CCCCN3C)CC2)nc1CC. The molecule has 0 bridgehead atoms. The molecule has 3 heterocycles. The molecule has 0 saturated carbocycles. The highest BCUT2D eigenvalue weighted by Crippen LogP contribution is 2.18. The van der Waals surface area contributed by atoms with Gasteiger partial charge in [-0.05, 0) is 39.3 Å². The van der Waals surface area contributed by atoms with E-state index in [-0.39, 0.29) is 0 Å². The van der Waals surface area contributed by atoms with Crippen LogP contribution in [-0.4, -0.2) is 77.3 Å². The van der Waals surface area contributed by atoms with Crippen LogP contribution in [0.2, 0.25) is 0 Å². The van der Waals surface area contributed by atoms with Gasteiger partial charge in [0.15, 0.2) is 0 Å². The molecule has 1 atom stereocenters. The zero-order valence-corrected chi connectivity index (χ0v) is 15.5. The number of likely N-dealkylation sites (tertiary alicyclic amines) is 1. The Morgan fingerprint density at radius 3 is 2.33 bits per heavy atom. The van der Waals surface area contributed by atoms with Crippen molar-refractivity contribution in [2.75, 3.05) is 51.2 Å². The van der Waals surface area contributed by atoms with Gasteiger partial charge in [-0.3, -0.25) is 4.90 Å². The normalized spacial score (nSPS) is 23.6. The molecule has 6 nitrogen and oxygen atoms in total. The van der Waals surface area contributed by atoms with Crippen molar-refractivity contribution in [1.29, 1.82) is 0 Å². The van der Waals surface area contributed by atoms with E-state index in [2.05, 4.69) is 45.8 Å². The Hall–Kier alpha value is -1.27. The minimum Gasteiger partial charge on any atom is -0.337 e. The average Bonchev–Trinajstić information content (AvgIpc) is 2.63. The molecular weight excluding hydrogens is 300 g/mol. The van der Waals surface area contributed by atoms with Crippen LogP contribution in [0, 0.1) is 0 Å². The molecule has 6 heteroatoms. The van der Waals surface area contributed by atoms with Gasteiger partial charge in [0.1, 0.15) is 0 Å². The van der Waals surface area contributed by atoms with Crippen molar-refractivity contribution in [3.8, 4) is 0 Å². The molecule has 0 spiro atoms. The molecule has 0 N–H and O–H groups in total. The van der Waals surface area contributed by atoms with E-state index in [0.717, 1.165) is 62.4 Å². The monoisotopic (exact) mass is 332 g/mol. The molecule has 1 aromatic rings. The first kappa shape index (κ1) is 17.5. The Bertz CT molecular complexity index is 526. The van der Waals surface area contributed by atoms with Gasteiger partial charge in [-0.25, -0.2) is 4.98 Å². The number of likely N-dealkylation sites (N-methyl/N-ethyl adjacent to an activating group) is 1. The van der Waals surface area contributed by atoms with Gasteiger partial charge < -0.3 is 9.80 Å². The number of piperazine rings is 1. The highest BCUT2D eigenvalue weighted by Gasteiger charge is 2.25. The molecule has 2 aliphatic heterocycles. The lowest BCUT2D eigenvalue weighted by Crippen LogP contribution is -2.52. The lowest BCUT2D eigenvalue weighted by molar-refractivity contribution is 0.124. The lowest BCUT2D eigenvalue weighted by atomic mass is 10.0. The number of hydrogen-bond donors (Lipinski definition) is 0. The van der Waals surface area contributed by atoms with Gasteiger partial charge in [-0.15, -0.1) is 5.10 Å². The summed E-state index contributed by atoms with van der Waals surface area (Å²) in [5.41, 5.74) is 2.15. The summed E-state index contributed by atoms with van der Waals surface area (Å²) in [7, 11) is 2.28. The van der Waals surface area contributed by atoms with Crippen molar-refractivity contribution in [2.24, 2.45) is 0 Å². The molecule has 0 aromatic carbocycles. The van der Waals surface area contributed by atoms with Crippen LogP contribution in [0.4, 0.5) is 5.95 Å². The Kier molecular flexibility index (Phi) is 6.00. The van der Waals surface area contributed by atoms with Crippen LogP contribution < -0.4 is 4.90 Å². The first-order valence-electron chi connectivity index (χ1n) is 9.61. The van der Waals surface area contributed by atoms with E-state index in [4.69, 9.17) is 4.98 Å². The zero-order valence-electron chi connectivity index (χ0n) is 15.5. The van der Waals surface area contributed by atoms with E-state index >= 15 is 0 Å². The van der Waals surface area contributed by atoms with E-state index < -0.39 is 0 Å². The number of anilines is 1. The summed E-state index contributed by atoms with van der Waals surface area (Å²) < 4.78 is 0. The molecule has 2 saturated heterocycles. The van der Waals surface area contributed by atoms with Crippen molar-refractivity contribution in [1.82, 2.24) is 25.0 Å². The predicted molar refractivity (Wildman–Crippen MR) is 97.5 cm³/mol. The van der Waals surface area contributed by atoms with Crippen molar-refractivity contribution in [3.63, 3.8) is 0 Å². The van der Waals surface area contributed by atoms with E-state index in [1.165, 1.54) is 32.4 Å². The van der Waals surface area contributed by atoms with Gasteiger partial charge in [0.05, 0.1) is 11.4 Å². The first-order valence-corrected chi connectivity index (χ1v) is 9.61. The predicted octanol–water partition coefficient (Wildman–Crippen LogP) is 1.60. The second-order valence-corrected chi connectivity index (χ2v) is 7.13. The Morgan fingerprint density at radius 1 is 0.917 bits per heavy atom. The molecule has 24 heavy (non-hydrogen) atoms. The largest absolute Gasteiger partial charge is 0.337 e. The number of rotatable bonds is 5. The third kappa shape index (κ3) is 4.03. The van der Waals surface area contributed by atoms with E-state index in [1.54, 1.807) is 0 Å². The van der Waals surface area contributed by atoms with Crippen LogP contribution >= 0.6 is 0 Å². The Labute approximate surface area is 146 Å². The van der Waals surface area contributed by atoms with Crippen LogP contribution in [-0.2, 0) is 12.8 Å². The minimum absolute atomic E-state index is 0.735. The number of aryl methyl sites for hydroxylation is 2. The van der Waals surface area contributed by atoms with Gasteiger partial charge in [0.25, 0.3) is 0 Å².